The van der Waals surface area contributed by atoms with Crippen LogP contribution in [-0.4, -0.2) is 16.0 Å². The summed E-state index contributed by atoms with van der Waals surface area (Å²) in [6.07, 6.45) is 1.80. The van der Waals surface area contributed by atoms with E-state index in [1.165, 1.54) is 10.5 Å². The number of fused-ring (bicyclic) bond motifs is 1. The van der Waals surface area contributed by atoms with Gasteiger partial charge in [0.15, 0.2) is 0 Å². The van der Waals surface area contributed by atoms with Crippen molar-refractivity contribution in [2.75, 3.05) is 0 Å². The van der Waals surface area contributed by atoms with Crippen LogP contribution in [0.5, 0.6) is 0 Å². The van der Waals surface area contributed by atoms with Crippen LogP contribution in [0.25, 0.3) is 16.8 Å². The summed E-state index contributed by atoms with van der Waals surface area (Å²) < 4.78 is 0. The van der Waals surface area contributed by atoms with Gasteiger partial charge >= 0.3 is 0 Å². The van der Waals surface area contributed by atoms with Gasteiger partial charge in [0.1, 0.15) is 0 Å². The number of hydrogen-bond acceptors (Lipinski definition) is 3. The Hall–Kier alpha value is -2.85. The number of imide groups is 1. The highest BCUT2D eigenvalue weighted by Gasteiger charge is 2.35. The van der Waals surface area contributed by atoms with Gasteiger partial charge in [-0.15, -0.1) is 0 Å². The first-order chi connectivity index (χ1) is 13.8. The fourth-order valence-corrected chi connectivity index (χ4v) is 4.23. The number of amides is 2. The maximum atomic E-state index is 12.8. The second-order valence-electron chi connectivity index (χ2n) is 8.32. The quantitative estimate of drug-likeness (QED) is 0.478. The Bertz CT molecular complexity index is 1120. The molecule has 3 nitrogen and oxygen atoms in total. The lowest BCUT2D eigenvalue weighted by atomic mass is 9.87. The number of hydrogen-bond donors (Lipinski definition) is 0. The summed E-state index contributed by atoms with van der Waals surface area (Å²) in [5.41, 5.74) is 3.19. The Morgan fingerprint density at radius 2 is 1.59 bits per heavy atom. The Morgan fingerprint density at radius 1 is 0.897 bits per heavy atom. The number of nitrogens with zero attached hydrogens (tertiary/aromatic N) is 1. The lowest BCUT2D eigenvalue weighted by molar-refractivity contribution is -0.123. The van der Waals surface area contributed by atoms with E-state index in [2.05, 4.69) is 32.9 Å². The average molecular weight is 402 g/mol. The zero-order chi connectivity index (χ0) is 20.6. The average Bonchev–Trinajstić information content (AvgIpc) is 2.95. The van der Waals surface area contributed by atoms with Gasteiger partial charge in [-0.3, -0.25) is 14.5 Å². The van der Waals surface area contributed by atoms with Gasteiger partial charge in [0.05, 0.1) is 11.4 Å². The highest BCUT2D eigenvalue weighted by molar-refractivity contribution is 8.18. The molecule has 0 atom stereocenters. The van der Waals surface area contributed by atoms with E-state index in [0.717, 1.165) is 33.7 Å². The van der Waals surface area contributed by atoms with E-state index in [9.17, 15) is 9.59 Å². The Balaban J connectivity index is 1.54. The molecule has 1 aliphatic heterocycles. The maximum absolute atomic E-state index is 12.8. The Labute approximate surface area is 175 Å². The minimum atomic E-state index is -0.229. The molecule has 0 saturated carbocycles. The largest absolute Gasteiger partial charge is 0.293 e. The van der Waals surface area contributed by atoms with Crippen LogP contribution in [0.1, 0.15) is 37.5 Å². The third kappa shape index (κ3) is 4.13. The molecule has 2 amide bonds. The highest BCUT2D eigenvalue weighted by Crippen LogP contribution is 2.34. The van der Waals surface area contributed by atoms with Crippen molar-refractivity contribution in [3.63, 3.8) is 0 Å². The molecule has 3 aromatic rings. The molecule has 1 heterocycles. The third-order valence-electron chi connectivity index (χ3n) is 5.10. The van der Waals surface area contributed by atoms with E-state index in [0.29, 0.717) is 4.91 Å². The third-order valence-corrected chi connectivity index (χ3v) is 6.01. The van der Waals surface area contributed by atoms with Crippen LogP contribution >= 0.6 is 11.8 Å². The highest BCUT2D eigenvalue weighted by atomic mass is 32.2. The van der Waals surface area contributed by atoms with Gasteiger partial charge in [-0.1, -0.05) is 81.4 Å². The van der Waals surface area contributed by atoms with Crippen LogP contribution in [0.15, 0.2) is 71.6 Å². The number of carbonyl (C=O) groups is 2. The fraction of sp³-hybridized carbons (Fsp3) is 0.200. The summed E-state index contributed by atoms with van der Waals surface area (Å²) in [4.78, 5) is 27.1. The van der Waals surface area contributed by atoms with Gasteiger partial charge in [-0.25, -0.2) is 0 Å². The monoisotopic (exact) mass is 401 g/mol. The smallest absolute Gasteiger partial charge is 0.268 e. The van der Waals surface area contributed by atoms with Crippen LogP contribution < -0.4 is 0 Å². The number of thioether (sulfide) groups is 1. The normalized spacial score (nSPS) is 16.2. The van der Waals surface area contributed by atoms with Crippen molar-refractivity contribution >= 4 is 39.8 Å². The van der Waals surface area contributed by atoms with Gasteiger partial charge in [-0.05, 0) is 56.8 Å². The summed E-state index contributed by atoms with van der Waals surface area (Å²) in [6.45, 7) is 6.79. The van der Waals surface area contributed by atoms with Crippen LogP contribution in [0.2, 0.25) is 0 Å². The molecule has 0 spiro atoms. The van der Waals surface area contributed by atoms with E-state index < -0.39 is 0 Å². The second kappa shape index (κ2) is 7.53. The van der Waals surface area contributed by atoms with Crippen molar-refractivity contribution in [2.45, 2.75) is 32.7 Å². The van der Waals surface area contributed by atoms with Crippen LogP contribution in [0, 0.1) is 0 Å². The summed E-state index contributed by atoms with van der Waals surface area (Å²) in [5, 5.41) is 2.02. The topological polar surface area (TPSA) is 37.4 Å². The molecule has 0 aromatic heterocycles. The first-order valence-electron chi connectivity index (χ1n) is 9.65. The molecular formula is C25H23NO2S. The molecule has 4 rings (SSSR count). The van der Waals surface area contributed by atoms with E-state index >= 15 is 0 Å². The van der Waals surface area contributed by atoms with E-state index in [-0.39, 0.29) is 23.1 Å². The van der Waals surface area contributed by atoms with Crippen molar-refractivity contribution in [3.05, 3.63) is 88.3 Å². The minimum Gasteiger partial charge on any atom is -0.268 e. The predicted octanol–water partition coefficient (Wildman–Crippen LogP) is 6.37. The van der Waals surface area contributed by atoms with Gasteiger partial charge < -0.3 is 0 Å². The standard InChI is InChI=1S/C25H23NO2S/c1-25(2,3)21-12-9-17(10-13-21)15-22-23(27)26(24(28)29-22)16-18-8-11-19-6-4-5-7-20(19)14-18/h4-15H,16H2,1-3H3/b22-15-. The van der Waals surface area contributed by atoms with Crippen LogP contribution in [0.4, 0.5) is 4.79 Å². The summed E-state index contributed by atoms with van der Waals surface area (Å²) in [6, 6.07) is 22.2. The Morgan fingerprint density at radius 3 is 2.28 bits per heavy atom. The molecule has 1 fully saturated rings. The van der Waals surface area contributed by atoms with Crippen molar-refractivity contribution in [2.24, 2.45) is 0 Å². The van der Waals surface area contributed by atoms with E-state index in [4.69, 9.17) is 0 Å². The summed E-state index contributed by atoms with van der Waals surface area (Å²) in [7, 11) is 0. The predicted molar refractivity (Wildman–Crippen MR) is 121 cm³/mol. The molecule has 1 aliphatic rings. The van der Waals surface area contributed by atoms with Gasteiger partial charge in [0.25, 0.3) is 11.1 Å². The second-order valence-corrected chi connectivity index (χ2v) is 9.31. The fourth-order valence-electron chi connectivity index (χ4n) is 3.39. The number of carbonyl (C=O) groups excluding carboxylic acids is 2. The molecule has 29 heavy (non-hydrogen) atoms. The van der Waals surface area contributed by atoms with Gasteiger partial charge in [0.2, 0.25) is 0 Å². The molecule has 0 N–H and O–H groups in total. The van der Waals surface area contributed by atoms with E-state index in [1.54, 1.807) is 6.08 Å². The lowest BCUT2D eigenvalue weighted by Crippen LogP contribution is -2.27. The van der Waals surface area contributed by atoms with Crippen molar-refractivity contribution in [1.82, 2.24) is 4.90 Å². The molecule has 0 bridgehead atoms. The van der Waals surface area contributed by atoms with E-state index in [1.807, 2.05) is 54.6 Å². The molecule has 1 saturated heterocycles. The number of benzene rings is 3. The van der Waals surface area contributed by atoms with Crippen molar-refractivity contribution in [1.29, 1.82) is 0 Å². The molecule has 0 unspecified atom stereocenters. The molecule has 146 valence electrons. The van der Waals surface area contributed by atoms with Crippen LogP contribution in [0.3, 0.4) is 0 Å². The molecule has 0 radical (unpaired) electrons. The van der Waals surface area contributed by atoms with Gasteiger partial charge in [0, 0.05) is 0 Å². The first kappa shape index (κ1) is 19.5. The summed E-state index contributed by atoms with van der Waals surface area (Å²) in [5.74, 6) is -0.229. The molecule has 4 heteroatoms. The zero-order valence-electron chi connectivity index (χ0n) is 16.8. The lowest BCUT2D eigenvalue weighted by Gasteiger charge is -2.18. The first-order valence-corrected chi connectivity index (χ1v) is 10.5. The molecular weight excluding hydrogens is 378 g/mol. The zero-order valence-corrected chi connectivity index (χ0v) is 17.6. The molecule has 3 aromatic carbocycles. The Kier molecular flexibility index (Phi) is 5.05. The molecule has 0 aliphatic carbocycles. The van der Waals surface area contributed by atoms with Crippen molar-refractivity contribution < 1.29 is 9.59 Å². The minimum absolute atomic E-state index is 0.0796. The summed E-state index contributed by atoms with van der Waals surface area (Å²) >= 11 is 1.01. The maximum Gasteiger partial charge on any atom is 0.293 e. The number of rotatable bonds is 3. The van der Waals surface area contributed by atoms with Gasteiger partial charge in [-0.2, -0.15) is 0 Å². The van der Waals surface area contributed by atoms with Crippen LogP contribution in [-0.2, 0) is 16.8 Å². The SMILES string of the molecule is CC(C)(C)c1ccc(/C=C2\SC(=O)N(Cc3ccc4ccccc4c3)C2=O)cc1. The van der Waals surface area contributed by atoms with Crippen molar-refractivity contribution in [3.8, 4) is 0 Å².